The van der Waals surface area contributed by atoms with E-state index in [9.17, 15) is 13.6 Å². The summed E-state index contributed by atoms with van der Waals surface area (Å²) >= 11 is 14.1. The third-order valence-electron chi connectivity index (χ3n) is 6.52. The molecule has 2 aromatic carbocycles. The topological polar surface area (TPSA) is 51.7 Å². The molecule has 0 atom stereocenters. The van der Waals surface area contributed by atoms with Crippen LogP contribution in [0.2, 0.25) is 10.0 Å². The lowest BCUT2D eigenvalue weighted by Gasteiger charge is -2.39. The fourth-order valence-electron chi connectivity index (χ4n) is 4.55. The van der Waals surface area contributed by atoms with Gasteiger partial charge in [-0.2, -0.15) is 0 Å². The Bertz CT molecular complexity index is 1330. The Morgan fingerprint density at radius 1 is 1.00 bits per heavy atom. The first-order valence-electron chi connectivity index (χ1n) is 11.9. The number of nitrogens with zero attached hydrogens (tertiary/aromatic N) is 4. The van der Waals surface area contributed by atoms with Crippen LogP contribution >= 0.6 is 35.0 Å². The molecule has 6 nitrogen and oxygen atoms in total. The maximum Gasteiger partial charge on any atom is 0.326 e. The quantitative estimate of drug-likeness (QED) is 0.374. The summed E-state index contributed by atoms with van der Waals surface area (Å²) in [5.74, 6) is -1.29. The lowest BCUT2D eigenvalue weighted by Crippen LogP contribution is -2.49. The number of carbonyl (C=O) groups is 1. The Balaban J connectivity index is 1.62. The van der Waals surface area contributed by atoms with Crippen molar-refractivity contribution in [3.63, 3.8) is 0 Å². The maximum absolute atomic E-state index is 14.6. The van der Waals surface area contributed by atoms with Crippen LogP contribution in [-0.2, 0) is 6.54 Å². The average Bonchev–Trinajstić information content (AvgIpc) is 2.86. The van der Waals surface area contributed by atoms with Gasteiger partial charge in [0.1, 0.15) is 16.7 Å². The Morgan fingerprint density at radius 2 is 1.70 bits per heavy atom. The molecule has 2 aliphatic rings. The van der Waals surface area contributed by atoms with Crippen LogP contribution in [0.1, 0.15) is 19.5 Å². The molecule has 0 bridgehead atoms. The lowest BCUT2D eigenvalue weighted by molar-refractivity contribution is 0.209. The molecule has 0 aliphatic carbocycles. The van der Waals surface area contributed by atoms with Crippen LogP contribution in [-0.4, -0.2) is 48.1 Å². The molecule has 2 aliphatic heterocycles. The molecule has 0 radical (unpaired) electrons. The van der Waals surface area contributed by atoms with Crippen molar-refractivity contribution in [2.45, 2.75) is 36.4 Å². The second-order valence-electron chi connectivity index (χ2n) is 9.14. The zero-order valence-electron chi connectivity index (χ0n) is 20.3. The number of nitrogens with one attached hydrogen (secondary N) is 1. The van der Waals surface area contributed by atoms with Gasteiger partial charge in [0.05, 0.1) is 39.3 Å². The molecule has 5 rings (SSSR count). The molecular weight excluding hydrogens is 539 g/mol. The molecule has 194 valence electrons. The zero-order valence-corrected chi connectivity index (χ0v) is 22.6. The molecule has 3 aromatic rings. The van der Waals surface area contributed by atoms with E-state index in [1.807, 2.05) is 6.07 Å². The maximum atomic E-state index is 14.6. The van der Waals surface area contributed by atoms with Crippen molar-refractivity contribution in [2.24, 2.45) is 0 Å². The fourth-order valence-corrected chi connectivity index (χ4v) is 6.07. The van der Waals surface area contributed by atoms with Gasteiger partial charge in [-0.15, -0.1) is 0 Å². The predicted molar refractivity (Wildman–Crippen MR) is 144 cm³/mol. The van der Waals surface area contributed by atoms with Crippen molar-refractivity contribution in [3.8, 4) is 0 Å². The van der Waals surface area contributed by atoms with Crippen molar-refractivity contribution >= 4 is 58.1 Å². The molecule has 1 N–H and O–H groups in total. The third-order valence-corrected chi connectivity index (χ3v) is 8.18. The molecule has 0 saturated carbocycles. The molecule has 11 heteroatoms. The summed E-state index contributed by atoms with van der Waals surface area (Å²) in [4.78, 5) is 24.2. The van der Waals surface area contributed by atoms with E-state index in [1.165, 1.54) is 17.0 Å². The van der Waals surface area contributed by atoms with Gasteiger partial charge in [0.2, 0.25) is 0 Å². The van der Waals surface area contributed by atoms with Gasteiger partial charge in [-0.3, -0.25) is 9.80 Å². The van der Waals surface area contributed by atoms with Crippen LogP contribution < -0.4 is 15.1 Å². The SMILES string of the molecule is CC(C)N1CCN(c2cc3c(nc2Sc2ccc(F)cc2F)CNC(=O)N3c2c(Cl)cccc2Cl)CC1. The van der Waals surface area contributed by atoms with Gasteiger partial charge < -0.3 is 10.2 Å². The second kappa shape index (κ2) is 10.6. The number of urea groups is 1. The third kappa shape index (κ3) is 5.23. The van der Waals surface area contributed by atoms with Crippen molar-refractivity contribution < 1.29 is 13.6 Å². The Hall–Kier alpha value is -2.59. The van der Waals surface area contributed by atoms with Gasteiger partial charge in [-0.1, -0.05) is 41.0 Å². The molecule has 2 amide bonds. The summed E-state index contributed by atoms with van der Waals surface area (Å²) in [6.45, 7) is 7.69. The molecular formula is C26H25Cl2F2N5OS. The number of anilines is 3. The number of halogens is 4. The lowest BCUT2D eigenvalue weighted by atomic mass is 10.1. The number of hydrogen-bond donors (Lipinski definition) is 1. The van der Waals surface area contributed by atoms with E-state index in [2.05, 4.69) is 29.0 Å². The number of piperazine rings is 1. The first-order valence-corrected chi connectivity index (χ1v) is 13.5. The normalized spacial score (nSPS) is 16.2. The molecule has 0 spiro atoms. The molecule has 3 heterocycles. The summed E-state index contributed by atoms with van der Waals surface area (Å²) < 4.78 is 28.2. The van der Waals surface area contributed by atoms with Crippen LogP contribution in [0.3, 0.4) is 0 Å². The van der Waals surface area contributed by atoms with Crippen molar-refractivity contribution in [3.05, 3.63) is 69.8 Å². The molecule has 1 saturated heterocycles. The largest absolute Gasteiger partial charge is 0.367 e. The second-order valence-corrected chi connectivity index (χ2v) is 11.0. The van der Waals surface area contributed by atoms with Gasteiger partial charge in [-0.25, -0.2) is 18.6 Å². The first-order chi connectivity index (χ1) is 17.7. The smallest absolute Gasteiger partial charge is 0.326 e. The number of carbonyl (C=O) groups excluding carboxylic acids is 1. The van der Waals surface area contributed by atoms with E-state index in [-0.39, 0.29) is 17.5 Å². The highest BCUT2D eigenvalue weighted by molar-refractivity contribution is 7.99. The first kappa shape index (κ1) is 26.0. The van der Waals surface area contributed by atoms with Crippen LogP contribution in [0.4, 0.5) is 30.6 Å². The number of para-hydroxylation sites is 1. The Morgan fingerprint density at radius 3 is 2.35 bits per heavy atom. The molecule has 1 aromatic heterocycles. The van der Waals surface area contributed by atoms with E-state index in [1.54, 1.807) is 18.2 Å². The summed E-state index contributed by atoms with van der Waals surface area (Å²) in [6, 6.07) is 10.5. The van der Waals surface area contributed by atoms with E-state index in [4.69, 9.17) is 28.2 Å². The van der Waals surface area contributed by atoms with E-state index in [0.29, 0.717) is 38.2 Å². The predicted octanol–water partition coefficient (Wildman–Crippen LogP) is 6.71. The Kier molecular flexibility index (Phi) is 7.49. The number of hydrogen-bond acceptors (Lipinski definition) is 5. The zero-order chi connectivity index (χ0) is 26.3. The van der Waals surface area contributed by atoms with Gasteiger partial charge in [-0.05, 0) is 44.2 Å². The highest BCUT2D eigenvalue weighted by atomic mass is 35.5. The van der Waals surface area contributed by atoms with Crippen LogP contribution in [0.5, 0.6) is 0 Å². The molecule has 37 heavy (non-hydrogen) atoms. The fraction of sp³-hybridized carbons (Fsp3) is 0.308. The minimum absolute atomic E-state index is 0.188. The summed E-state index contributed by atoms with van der Waals surface area (Å²) in [5.41, 5.74) is 2.28. The van der Waals surface area contributed by atoms with E-state index < -0.39 is 11.6 Å². The highest BCUT2D eigenvalue weighted by Gasteiger charge is 2.32. The van der Waals surface area contributed by atoms with Gasteiger partial charge in [0, 0.05) is 43.2 Å². The number of rotatable bonds is 5. The van der Waals surface area contributed by atoms with Crippen LogP contribution in [0.15, 0.2) is 52.4 Å². The van der Waals surface area contributed by atoms with Crippen molar-refractivity contribution in [1.82, 2.24) is 15.2 Å². The van der Waals surface area contributed by atoms with Gasteiger partial charge in [0.15, 0.2) is 0 Å². The number of amides is 2. The highest BCUT2D eigenvalue weighted by Crippen LogP contribution is 2.44. The van der Waals surface area contributed by atoms with E-state index in [0.717, 1.165) is 49.7 Å². The Labute approximate surface area is 228 Å². The van der Waals surface area contributed by atoms with Crippen LogP contribution in [0, 0.1) is 11.6 Å². The monoisotopic (exact) mass is 563 g/mol. The average molecular weight is 564 g/mol. The minimum atomic E-state index is -0.655. The summed E-state index contributed by atoms with van der Waals surface area (Å²) in [7, 11) is 0. The standard InChI is InChI=1S/C26H25Cl2F2N5OS/c1-15(2)33-8-10-34(11-9-33)22-13-21-20(32-25(22)37-23-7-6-16(29)12-19(23)30)14-31-26(36)35(21)24-17(27)4-3-5-18(24)28/h3-7,12-13,15H,8-11,14H2,1-2H3,(H,31,36). The number of pyridine rings is 1. The van der Waals surface area contributed by atoms with Crippen molar-refractivity contribution in [2.75, 3.05) is 36.0 Å². The molecule has 1 fully saturated rings. The number of fused-ring (bicyclic) bond motifs is 1. The number of benzene rings is 2. The van der Waals surface area contributed by atoms with Crippen molar-refractivity contribution in [1.29, 1.82) is 0 Å². The van der Waals surface area contributed by atoms with Crippen LogP contribution in [0.25, 0.3) is 0 Å². The summed E-state index contributed by atoms with van der Waals surface area (Å²) in [6.07, 6.45) is 0. The summed E-state index contributed by atoms with van der Waals surface area (Å²) in [5, 5.41) is 4.05. The minimum Gasteiger partial charge on any atom is -0.367 e. The van der Waals surface area contributed by atoms with Gasteiger partial charge >= 0.3 is 6.03 Å². The van der Waals surface area contributed by atoms with E-state index >= 15 is 0 Å². The van der Waals surface area contributed by atoms with Gasteiger partial charge in [0.25, 0.3) is 0 Å². The number of aromatic nitrogens is 1. The molecule has 0 unspecified atom stereocenters.